The number of amides is 1. The maximum Gasteiger partial charge on any atom is 0.413 e. The Labute approximate surface area is 213 Å². The molecule has 186 valence electrons. The van der Waals surface area contributed by atoms with Crippen molar-refractivity contribution < 1.29 is 19.4 Å². The van der Waals surface area contributed by atoms with Crippen molar-refractivity contribution in [2.45, 2.75) is 45.6 Å². The molecule has 1 aliphatic rings. The summed E-state index contributed by atoms with van der Waals surface area (Å²) in [6.07, 6.45) is 1.36. The highest BCUT2D eigenvalue weighted by Gasteiger charge is 2.37. The first-order valence-electron chi connectivity index (χ1n) is 11.5. The molecule has 1 aliphatic carbocycles. The van der Waals surface area contributed by atoms with E-state index in [9.17, 15) is 14.7 Å². The fraction of sp³-hybridized carbons (Fsp3) is 0.346. The van der Waals surface area contributed by atoms with Gasteiger partial charge in [-0.15, -0.1) is 5.10 Å². The van der Waals surface area contributed by atoms with Gasteiger partial charge in [-0.05, 0) is 44.9 Å². The number of rotatable bonds is 6. The van der Waals surface area contributed by atoms with Gasteiger partial charge in [-0.25, -0.2) is 14.5 Å². The number of benzene rings is 1. The SMILES string of the molecule is Cc1nc(-c2nnn(C)c2NC(=O)O[C@H](C)c2ccccc2Cl)ccc1C#CC1(CC(=O)O)CCC1. The van der Waals surface area contributed by atoms with E-state index in [1.165, 1.54) is 4.68 Å². The molecule has 1 fully saturated rings. The minimum absolute atomic E-state index is 0.0460. The summed E-state index contributed by atoms with van der Waals surface area (Å²) in [5.74, 6) is 5.78. The van der Waals surface area contributed by atoms with Gasteiger partial charge in [0, 0.05) is 28.6 Å². The number of carbonyl (C=O) groups is 2. The summed E-state index contributed by atoms with van der Waals surface area (Å²) in [4.78, 5) is 28.4. The number of aryl methyl sites for hydroxylation is 2. The van der Waals surface area contributed by atoms with E-state index in [1.54, 1.807) is 38.2 Å². The van der Waals surface area contributed by atoms with E-state index in [0.29, 0.717) is 39.0 Å². The number of aliphatic carboxylic acids is 1. The van der Waals surface area contributed by atoms with Crippen molar-refractivity contribution in [3.05, 3.63) is 58.2 Å². The van der Waals surface area contributed by atoms with Crippen molar-refractivity contribution in [1.82, 2.24) is 20.0 Å². The molecule has 0 unspecified atom stereocenters. The molecule has 2 heterocycles. The number of hydrogen-bond donors (Lipinski definition) is 2. The van der Waals surface area contributed by atoms with E-state index in [0.717, 1.165) is 19.3 Å². The Balaban J connectivity index is 1.51. The first-order valence-corrected chi connectivity index (χ1v) is 11.9. The Hall–Kier alpha value is -3.90. The lowest BCUT2D eigenvalue weighted by Gasteiger charge is -2.35. The summed E-state index contributed by atoms with van der Waals surface area (Å²) < 4.78 is 6.93. The van der Waals surface area contributed by atoms with Gasteiger partial charge >= 0.3 is 12.1 Å². The number of pyridine rings is 1. The molecule has 0 aliphatic heterocycles. The zero-order chi connectivity index (χ0) is 25.9. The van der Waals surface area contributed by atoms with E-state index < -0.39 is 23.6 Å². The van der Waals surface area contributed by atoms with E-state index >= 15 is 0 Å². The third-order valence-corrected chi connectivity index (χ3v) is 6.61. The quantitative estimate of drug-likeness (QED) is 0.443. The Bertz CT molecular complexity index is 1370. The molecule has 1 aromatic carbocycles. The lowest BCUT2D eigenvalue weighted by atomic mass is 9.67. The minimum Gasteiger partial charge on any atom is -0.481 e. The maximum atomic E-state index is 12.6. The van der Waals surface area contributed by atoms with Crippen molar-refractivity contribution in [3.63, 3.8) is 0 Å². The number of carbonyl (C=O) groups excluding carboxylic acids is 1. The van der Waals surface area contributed by atoms with Gasteiger partial charge in [-0.1, -0.05) is 53.3 Å². The molecule has 0 spiro atoms. The normalized spacial score (nSPS) is 14.7. The van der Waals surface area contributed by atoms with Crippen molar-refractivity contribution in [2.24, 2.45) is 12.5 Å². The van der Waals surface area contributed by atoms with Gasteiger partial charge in [0.15, 0.2) is 11.5 Å². The zero-order valence-corrected chi connectivity index (χ0v) is 21.0. The average molecular weight is 508 g/mol. The first kappa shape index (κ1) is 25.2. The summed E-state index contributed by atoms with van der Waals surface area (Å²) in [5, 5.41) is 20.6. The fourth-order valence-corrected chi connectivity index (χ4v) is 4.38. The second-order valence-electron chi connectivity index (χ2n) is 8.89. The summed E-state index contributed by atoms with van der Waals surface area (Å²) in [5.41, 5.74) is 2.49. The number of carboxylic acids is 1. The summed E-state index contributed by atoms with van der Waals surface area (Å²) in [7, 11) is 1.65. The van der Waals surface area contributed by atoms with E-state index in [-0.39, 0.29) is 6.42 Å². The van der Waals surface area contributed by atoms with Crippen molar-refractivity contribution in [2.75, 3.05) is 5.32 Å². The number of nitrogens with zero attached hydrogens (tertiary/aromatic N) is 4. The Kier molecular flexibility index (Phi) is 7.27. The van der Waals surface area contributed by atoms with Crippen molar-refractivity contribution in [1.29, 1.82) is 0 Å². The molecule has 0 bridgehead atoms. The molecule has 1 atom stereocenters. The van der Waals surface area contributed by atoms with Crippen molar-refractivity contribution in [3.8, 4) is 23.2 Å². The standard InChI is InChI=1S/C26H26ClN5O4/c1-16-18(11-14-26(12-6-13-26)15-22(33)34)9-10-21(28-16)23-24(32(3)31-30-23)29-25(35)36-17(2)19-7-4-5-8-20(19)27/h4-5,7-10,17H,6,12-13,15H2,1-3H3,(H,29,35)(H,33,34)/t17-/m1/s1. The first-order chi connectivity index (χ1) is 17.2. The van der Waals surface area contributed by atoms with Crippen LogP contribution in [-0.2, 0) is 16.6 Å². The highest BCUT2D eigenvalue weighted by atomic mass is 35.5. The van der Waals surface area contributed by atoms with Crippen LogP contribution in [0.2, 0.25) is 5.02 Å². The Morgan fingerprint density at radius 1 is 1.28 bits per heavy atom. The lowest BCUT2D eigenvalue weighted by molar-refractivity contribution is -0.140. The number of ether oxygens (including phenoxy) is 1. The second-order valence-corrected chi connectivity index (χ2v) is 9.30. The molecular formula is C26H26ClN5O4. The molecule has 9 nitrogen and oxygen atoms in total. The van der Waals surface area contributed by atoms with Gasteiger partial charge in [0.1, 0.15) is 6.10 Å². The zero-order valence-electron chi connectivity index (χ0n) is 20.2. The fourth-order valence-electron chi connectivity index (χ4n) is 4.09. The molecule has 1 saturated carbocycles. The van der Waals surface area contributed by atoms with Gasteiger partial charge in [0.2, 0.25) is 0 Å². The van der Waals surface area contributed by atoms with Crippen LogP contribution < -0.4 is 5.32 Å². The number of hydrogen-bond acceptors (Lipinski definition) is 6. The summed E-state index contributed by atoms with van der Waals surface area (Å²) in [6.45, 7) is 3.55. The molecule has 4 rings (SSSR count). The summed E-state index contributed by atoms with van der Waals surface area (Å²) >= 11 is 6.20. The molecule has 36 heavy (non-hydrogen) atoms. The van der Waals surface area contributed by atoms with Crippen LogP contribution in [0.15, 0.2) is 36.4 Å². The number of halogens is 1. The van der Waals surface area contributed by atoms with Gasteiger partial charge in [-0.3, -0.25) is 10.1 Å². The molecule has 3 aromatic rings. The van der Waals surface area contributed by atoms with E-state index in [4.69, 9.17) is 16.3 Å². The maximum absolute atomic E-state index is 12.6. The molecule has 2 aromatic heterocycles. The predicted octanol–water partition coefficient (Wildman–Crippen LogP) is 5.15. The van der Waals surface area contributed by atoms with E-state index in [1.807, 2.05) is 19.1 Å². The van der Waals surface area contributed by atoms with Gasteiger partial charge in [0.25, 0.3) is 0 Å². The molecule has 1 amide bonds. The number of aromatic nitrogens is 4. The number of nitrogens with one attached hydrogen (secondary N) is 1. The van der Waals surface area contributed by atoms with Crippen LogP contribution in [0.4, 0.5) is 10.6 Å². The average Bonchev–Trinajstić information content (AvgIpc) is 3.16. The molecule has 10 heteroatoms. The molecule has 2 N–H and O–H groups in total. The third kappa shape index (κ3) is 5.50. The summed E-state index contributed by atoms with van der Waals surface area (Å²) in [6, 6.07) is 10.7. The van der Waals surface area contributed by atoms with Gasteiger partial charge in [0.05, 0.1) is 17.8 Å². The topological polar surface area (TPSA) is 119 Å². The molecular weight excluding hydrogens is 482 g/mol. The third-order valence-electron chi connectivity index (χ3n) is 6.27. The van der Waals surface area contributed by atoms with Crippen LogP contribution in [0, 0.1) is 24.2 Å². The Morgan fingerprint density at radius 2 is 2.03 bits per heavy atom. The monoisotopic (exact) mass is 507 g/mol. The van der Waals surface area contributed by atoms with Crippen molar-refractivity contribution >= 4 is 29.5 Å². The van der Waals surface area contributed by atoms with Crippen LogP contribution >= 0.6 is 11.6 Å². The van der Waals surface area contributed by atoms with Gasteiger partial charge < -0.3 is 9.84 Å². The lowest BCUT2D eigenvalue weighted by Crippen LogP contribution is -2.30. The Morgan fingerprint density at radius 3 is 2.67 bits per heavy atom. The minimum atomic E-state index is -0.836. The predicted molar refractivity (Wildman–Crippen MR) is 134 cm³/mol. The largest absolute Gasteiger partial charge is 0.481 e. The number of anilines is 1. The van der Waals surface area contributed by atoms with E-state index in [2.05, 4.69) is 32.5 Å². The van der Waals surface area contributed by atoms with Crippen LogP contribution in [0.5, 0.6) is 0 Å². The van der Waals surface area contributed by atoms with Gasteiger partial charge in [-0.2, -0.15) is 0 Å². The molecule has 0 radical (unpaired) electrons. The van der Waals surface area contributed by atoms with Crippen LogP contribution in [0.3, 0.4) is 0 Å². The van der Waals surface area contributed by atoms with Crippen LogP contribution in [0.25, 0.3) is 11.4 Å². The smallest absolute Gasteiger partial charge is 0.413 e. The molecule has 0 saturated heterocycles. The van der Waals surface area contributed by atoms with Crippen LogP contribution in [0.1, 0.15) is 55.5 Å². The second kappa shape index (κ2) is 10.4. The van der Waals surface area contributed by atoms with Crippen LogP contribution in [-0.4, -0.2) is 37.1 Å². The highest BCUT2D eigenvalue weighted by molar-refractivity contribution is 6.31. The highest BCUT2D eigenvalue weighted by Crippen LogP contribution is 2.43. The number of carboxylic acid groups (broad SMARTS) is 1.